The second kappa shape index (κ2) is 6.89. The lowest BCUT2D eigenvalue weighted by Gasteiger charge is -2.26. The summed E-state index contributed by atoms with van der Waals surface area (Å²) in [5.74, 6) is -1.07. The second-order valence-electron chi connectivity index (χ2n) is 4.41. The van der Waals surface area contributed by atoms with Crippen LogP contribution in [0.3, 0.4) is 0 Å². The molecule has 114 valence electrons. The second-order valence-corrected chi connectivity index (χ2v) is 6.71. The Morgan fingerprint density at radius 2 is 2.14 bits per heavy atom. The Bertz CT molecular complexity index is 682. The Hall–Kier alpha value is -1.62. The summed E-state index contributed by atoms with van der Waals surface area (Å²) < 4.78 is 26.2. The molecule has 0 spiro atoms. The van der Waals surface area contributed by atoms with Gasteiger partial charge in [0.15, 0.2) is 0 Å². The predicted octanol–water partition coefficient (Wildman–Crippen LogP) is 2.09. The molecule has 0 aliphatic rings. The van der Waals surface area contributed by atoms with E-state index >= 15 is 0 Å². The number of benzene rings is 1. The Morgan fingerprint density at radius 1 is 1.52 bits per heavy atom. The molecule has 0 aliphatic heterocycles. The third-order valence-corrected chi connectivity index (χ3v) is 5.34. The summed E-state index contributed by atoms with van der Waals surface area (Å²) in [6, 6.07) is 4.97. The van der Waals surface area contributed by atoms with Crippen molar-refractivity contribution in [2.24, 2.45) is 0 Å². The third-order valence-electron chi connectivity index (χ3n) is 2.94. The Labute approximate surface area is 128 Å². The van der Waals surface area contributed by atoms with Crippen LogP contribution in [-0.4, -0.2) is 36.4 Å². The van der Waals surface area contributed by atoms with Crippen molar-refractivity contribution in [3.8, 4) is 6.07 Å². The van der Waals surface area contributed by atoms with Crippen LogP contribution in [0.4, 0.5) is 0 Å². The molecule has 0 heterocycles. The maximum Gasteiger partial charge on any atom is 0.304 e. The first-order chi connectivity index (χ1) is 9.73. The van der Waals surface area contributed by atoms with Gasteiger partial charge in [-0.3, -0.25) is 4.79 Å². The molecule has 1 N–H and O–H groups in total. The zero-order chi connectivity index (χ0) is 16.2. The number of halogens is 1. The lowest BCUT2D eigenvalue weighted by atomic mass is 10.2. The van der Waals surface area contributed by atoms with Crippen LogP contribution >= 0.6 is 11.6 Å². The number of hydrogen-bond donors (Lipinski definition) is 1. The van der Waals surface area contributed by atoms with E-state index in [2.05, 4.69) is 0 Å². The number of carboxylic acids is 1. The molecule has 0 radical (unpaired) electrons. The van der Waals surface area contributed by atoms with Gasteiger partial charge in [0.05, 0.1) is 21.9 Å². The zero-order valence-electron chi connectivity index (χ0n) is 11.6. The summed E-state index contributed by atoms with van der Waals surface area (Å²) in [5, 5.41) is 17.6. The monoisotopic (exact) mass is 330 g/mol. The van der Waals surface area contributed by atoms with E-state index in [0.717, 1.165) is 4.31 Å². The van der Waals surface area contributed by atoms with E-state index in [0.29, 0.717) is 0 Å². The molecule has 1 atom stereocenters. The molecule has 0 aromatic heterocycles. The van der Waals surface area contributed by atoms with E-state index in [4.69, 9.17) is 22.0 Å². The summed E-state index contributed by atoms with van der Waals surface area (Å²) >= 11 is 5.85. The molecule has 6 nitrogen and oxygen atoms in total. The van der Waals surface area contributed by atoms with Gasteiger partial charge in [-0.1, -0.05) is 18.5 Å². The van der Waals surface area contributed by atoms with Gasteiger partial charge in [-0.2, -0.15) is 9.57 Å². The minimum Gasteiger partial charge on any atom is -0.481 e. The normalized spacial score (nSPS) is 12.9. The predicted molar refractivity (Wildman–Crippen MR) is 77.4 cm³/mol. The van der Waals surface area contributed by atoms with Crippen LogP contribution in [0, 0.1) is 11.3 Å². The summed E-state index contributed by atoms with van der Waals surface area (Å²) in [4.78, 5) is 10.7. The van der Waals surface area contributed by atoms with Gasteiger partial charge in [0.1, 0.15) is 6.07 Å². The molecular formula is C13H15ClN2O4S. The summed E-state index contributed by atoms with van der Waals surface area (Å²) in [7, 11) is -3.87. The van der Waals surface area contributed by atoms with Crippen molar-refractivity contribution in [3.63, 3.8) is 0 Å². The van der Waals surface area contributed by atoms with Crippen LogP contribution in [0.25, 0.3) is 0 Å². The number of nitrogens with zero attached hydrogens (tertiary/aromatic N) is 2. The summed E-state index contributed by atoms with van der Waals surface area (Å²) in [6.07, 6.45) is -0.295. The molecule has 0 saturated heterocycles. The molecule has 1 aromatic rings. The van der Waals surface area contributed by atoms with Gasteiger partial charge in [0, 0.05) is 12.6 Å². The van der Waals surface area contributed by atoms with E-state index in [9.17, 15) is 13.2 Å². The van der Waals surface area contributed by atoms with Crippen LogP contribution < -0.4 is 0 Å². The smallest absolute Gasteiger partial charge is 0.304 e. The Balaban J connectivity index is 3.22. The van der Waals surface area contributed by atoms with Gasteiger partial charge in [-0.25, -0.2) is 8.42 Å². The van der Waals surface area contributed by atoms with Crippen LogP contribution in [0.1, 0.15) is 25.8 Å². The molecule has 21 heavy (non-hydrogen) atoms. The Kier molecular flexibility index (Phi) is 5.72. The van der Waals surface area contributed by atoms with E-state index in [1.165, 1.54) is 25.1 Å². The quantitative estimate of drug-likeness (QED) is 0.861. The molecule has 8 heteroatoms. The topological polar surface area (TPSA) is 98.5 Å². The highest BCUT2D eigenvalue weighted by Gasteiger charge is 2.29. The van der Waals surface area contributed by atoms with Crippen molar-refractivity contribution in [2.75, 3.05) is 6.54 Å². The van der Waals surface area contributed by atoms with Gasteiger partial charge in [-0.15, -0.1) is 0 Å². The van der Waals surface area contributed by atoms with Gasteiger partial charge >= 0.3 is 5.97 Å². The molecule has 0 saturated carbocycles. The largest absolute Gasteiger partial charge is 0.481 e. The summed E-state index contributed by atoms with van der Waals surface area (Å²) in [6.45, 7) is 3.29. The molecule has 1 aromatic carbocycles. The van der Waals surface area contributed by atoms with Gasteiger partial charge in [0.25, 0.3) is 0 Å². The summed E-state index contributed by atoms with van der Waals surface area (Å²) in [5.41, 5.74) is 0.178. The number of hydrogen-bond acceptors (Lipinski definition) is 4. The lowest BCUT2D eigenvalue weighted by molar-refractivity contribution is -0.137. The molecular weight excluding hydrogens is 316 g/mol. The van der Waals surface area contributed by atoms with Crippen LogP contribution in [0.5, 0.6) is 0 Å². The highest BCUT2D eigenvalue weighted by molar-refractivity contribution is 7.89. The average Bonchev–Trinajstić information content (AvgIpc) is 2.38. The van der Waals surface area contributed by atoms with Crippen molar-refractivity contribution in [1.82, 2.24) is 4.31 Å². The van der Waals surface area contributed by atoms with Crippen LogP contribution in [-0.2, 0) is 14.8 Å². The van der Waals surface area contributed by atoms with Crippen LogP contribution in [0.15, 0.2) is 23.1 Å². The molecule has 0 bridgehead atoms. The number of carbonyl (C=O) groups is 1. The number of aliphatic carboxylic acids is 1. The van der Waals surface area contributed by atoms with Crippen molar-refractivity contribution in [1.29, 1.82) is 5.26 Å². The van der Waals surface area contributed by atoms with E-state index < -0.39 is 22.0 Å². The van der Waals surface area contributed by atoms with Crippen molar-refractivity contribution in [3.05, 3.63) is 28.8 Å². The highest BCUT2D eigenvalue weighted by Crippen LogP contribution is 2.24. The highest BCUT2D eigenvalue weighted by atomic mass is 35.5. The molecule has 0 amide bonds. The first-order valence-electron chi connectivity index (χ1n) is 6.17. The molecule has 1 rings (SSSR count). The number of sulfonamides is 1. The standard InChI is InChI=1S/C13H15ClN2O4S/c1-3-16(9(2)6-13(17)18)21(19,20)11-5-4-10(8-15)12(14)7-11/h4-5,7,9H,3,6H2,1-2H3,(H,17,18). The molecule has 0 aliphatic carbocycles. The lowest BCUT2D eigenvalue weighted by Crippen LogP contribution is -2.39. The fourth-order valence-electron chi connectivity index (χ4n) is 1.96. The number of nitriles is 1. The third kappa shape index (κ3) is 3.94. The maximum absolute atomic E-state index is 12.5. The first kappa shape index (κ1) is 17.4. The average molecular weight is 331 g/mol. The van der Waals surface area contributed by atoms with E-state index in [1.807, 2.05) is 6.07 Å². The van der Waals surface area contributed by atoms with Crippen molar-refractivity contribution in [2.45, 2.75) is 31.2 Å². The van der Waals surface area contributed by atoms with Gasteiger partial charge in [-0.05, 0) is 25.1 Å². The zero-order valence-corrected chi connectivity index (χ0v) is 13.1. The SMILES string of the molecule is CCN(C(C)CC(=O)O)S(=O)(=O)c1ccc(C#N)c(Cl)c1. The fourth-order valence-corrected chi connectivity index (χ4v) is 3.91. The first-order valence-corrected chi connectivity index (χ1v) is 7.99. The van der Waals surface area contributed by atoms with E-state index in [1.54, 1.807) is 6.92 Å². The minimum absolute atomic E-state index is 0.0421. The van der Waals surface area contributed by atoms with Crippen molar-refractivity contribution < 1.29 is 18.3 Å². The molecule has 1 unspecified atom stereocenters. The number of rotatable bonds is 6. The van der Waals surface area contributed by atoms with Crippen LogP contribution in [0.2, 0.25) is 5.02 Å². The van der Waals surface area contributed by atoms with Crippen molar-refractivity contribution >= 4 is 27.6 Å². The fraction of sp³-hybridized carbons (Fsp3) is 0.385. The van der Waals surface area contributed by atoms with Gasteiger partial charge < -0.3 is 5.11 Å². The van der Waals surface area contributed by atoms with Gasteiger partial charge in [0.2, 0.25) is 10.0 Å². The number of carboxylic acid groups (broad SMARTS) is 1. The minimum atomic E-state index is -3.87. The Morgan fingerprint density at radius 3 is 2.57 bits per heavy atom. The molecule has 0 fully saturated rings. The van der Waals surface area contributed by atoms with E-state index in [-0.39, 0.29) is 28.4 Å². The maximum atomic E-state index is 12.5.